The molecular formula is C14H17N3O3. The fourth-order valence-corrected chi connectivity index (χ4v) is 1.78. The number of ether oxygens (including phenoxy) is 2. The molecule has 0 saturated heterocycles. The van der Waals surface area contributed by atoms with E-state index in [0.29, 0.717) is 23.9 Å². The van der Waals surface area contributed by atoms with Crippen LogP contribution in [0.5, 0.6) is 5.88 Å². The van der Waals surface area contributed by atoms with Gasteiger partial charge in [0.15, 0.2) is 0 Å². The summed E-state index contributed by atoms with van der Waals surface area (Å²) in [5.41, 5.74) is 1.84. The zero-order chi connectivity index (χ0) is 14.5. The second-order valence-electron chi connectivity index (χ2n) is 4.27. The highest BCUT2D eigenvalue weighted by molar-refractivity contribution is 5.87. The SMILES string of the molecule is CCOc1cccc(COC(=O)c2cc(C)nn2C)n1. The minimum absolute atomic E-state index is 0.101. The first-order valence-corrected chi connectivity index (χ1v) is 6.36. The van der Waals surface area contributed by atoms with E-state index in [1.54, 1.807) is 25.2 Å². The third-order valence-corrected chi connectivity index (χ3v) is 2.64. The average Bonchev–Trinajstić information content (AvgIpc) is 2.76. The number of aromatic nitrogens is 3. The summed E-state index contributed by atoms with van der Waals surface area (Å²) in [7, 11) is 1.71. The Bertz CT molecular complexity index is 607. The van der Waals surface area contributed by atoms with E-state index in [-0.39, 0.29) is 6.61 Å². The minimum atomic E-state index is -0.420. The largest absolute Gasteiger partial charge is 0.478 e. The van der Waals surface area contributed by atoms with E-state index in [4.69, 9.17) is 9.47 Å². The van der Waals surface area contributed by atoms with Crippen molar-refractivity contribution in [1.29, 1.82) is 0 Å². The van der Waals surface area contributed by atoms with Gasteiger partial charge in [0.05, 0.1) is 18.0 Å². The lowest BCUT2D eigenvalue weighted by atomic mass is 10.3. The van der Waals surface area contributed by atoms with Crippen molar-refractivity contribution >= 4 is 5.97 Å². The smallest absolute Gasteiger partial charge is 0.356 e. The van der Waals surface area contributed by atoms with Crippen LogP contribution in [-0.4, -0.2) is 27.3 Å². The summed E-state index contributed by atoms with van der Waals surface area (Å²) in [6, 6.07) is 7.05. The van der Waals surface area contributed by atoms with Gasteiger partial charge in [-0.05, 0) is 26.0 Å². The van der Waals surface area contributed by atoms with Crippen molar-refractivity contribution in [3.05, 3.63) is 41.3 Å². The first-order valence-electron chi connectivity index (χ1n) is 6.36. The summed E-state index contributed by atoms with van der Waals surface area (Å²) in [4.78, 5) is 16.2. The minimum Gasteiger partial charge on any atom is -0.478 e. The first-order chi connectivity index (χ1) is 9.60. The third-order valence-electron chi connectivity index (χ3n) is 2.64. The normalized spacial score (nSPS) is 10.3. The third kappa shape index (κ3) is 3.34. The van der Waals surface area contributed by atoms with Crippen LogP contribution in [0.1, 0.15) is 28.8 Å². The lowest BCUT2D eigenvalue weighted by Gasteiger charge is -2.06. The molecule has 2 aromatic heterocycles. The zero-order valence-electron chi connectivity index (χ0n) is 11.8. The highest BCUT2D eigenvalue weighted by Crippen LogP contribution is 2.10. The van der Waals surface area contributed by atoms with Crippen molar-refractivity contribution in [2.45, 2.75) is 20.5 Å². The van der Waals surface area contributed by atoms with Crippen LogP contribution < -0.4 is 4.74 Å². The number of carbonyl (C=O) groups is 1. The monoisotopic (exact) mass is 275 g/mol. The standard InChI is InChI=1S/C14H17N3O3/c1-4-19-13-7-5-6-11(15-13)9-20-14(18)12-8-10(2)16-17(12)3/h5-8H,4,9H2,1-3H3. The van der Waals surface area contributed by atoms with Crippen molar-refractivity contribution in [3.8, 4) is 5.88 Å². The molecule has 0 spiro atoms. The maximum absolute atomic E-state index is 11.9. The number of aryl methyl sites for hydroxylation is 2. The van der Waals surface area contributed by atoms with E-state index in [9.17, 15) is 4.79 Å². The number of rotatable bonds is 5. The van der Waals surface area contributed by atoms with Crippen LogP contribution in [0.25, 0.3) is 0 Å². The summed E-state index contributed by atoms with van der Waals surface area (Å²) in [6.45, 7) is 4.36. The van der Waals surface area contributed by atoms with E-state index in [1.807, 2.05) is 19.9 Å². The molecule has 2 heterocycles. The molecule has 0 aromatic carbocycles. The fraction of sp³-hybridized carbons (Fsp3) is 0.357. The molecule has 0 saturated carbocycles. The van der Waals surface area contributed by atoms with Crippen LogP contribution in [-0.2, 0) is 18.4 Å². The molecule has 0 aliphatic heterocycles. The van der Waals surface area contributed by atoms with Crippen LogP contribution in [0, 0.1) is 6.92 Å². The Morgan fingerprint density at radius 2 is 2.20 bits per heavy atom. The van der Waals surface area contributed by atoms with Crippen molar-refractivity contribution in [2.24, 2.45) is 7.05 Å². The van der Waals surface area contributed by atoms with E-state index >= 15 is 0 Å². The Kier molecular flexibility index (Phi) is 4.34. The topological polar surface area (TPSA) is 66.2 Å². The van der Waals surface area contributed by atoms with Crippen LogP contribution in [0.2, 0.25) is 0 Å². The van der Waals surface area contributed by atoms with Crippen molar-refractivity contribution in [1.82, 2.24) is 14.8 Å². The van der Waals surface area contributed by atoms with Gasteiger partial charge in [-0.2, -0.15) is 5.10 Å². The van der Waals surface area contributed by atoms with E-state index in [2.05, 4.69) is 10.1 Å². The Morgan fingerprint density at radius 1 is 1.40 bits per heavy atom. The molecule has 0 aliphatic carbocycles. The van der Waals surface area contributed by atoms with Crippen molar-refractivity contribution in [2.75, 3.05) is 6.61 Å². The Labute approximate surface area is 117 Å². The van der Waals surface area contributed by atoms with Gasteiger partial charge in [-0.1, -0.05) is 6.07 Å². The van der Waals surface area contributed by atoms with E-state index in [0.717, 1.165) is 5.69 Å². The summed E-state index contributed by atoms with van der Waals surface area (Å²) < 4.78 is 12.0. The van der Waals surface area contributed by atoms with Gasteiger partial charge in [0, 0.05) is 13.1 Å². The average molecular weight is 275 g/mol. The molecule has 0 N–H and O–H groups in total. The summed E-state index contributed by atoms with van der Waals surface area (Å²) in [6.07, 6.45) is 0. The van der Waals surface area contributed by atoms with Crippen LogP contribution >= 0.6 is 0 Å². The molecule has 0 atom stereocenters. The van der Waals surface area contributed by atoms with Crippen molar-refractivity contribution < 1.29 is 14.3 Å². The Hall–Kier alpha value is -2.37. The number of hydrogen-bond acceptors (Lipinski definition) is 5. The van der Waals surface area contributed by atoms with E-state index < -0.39 is 5.97 Å². The van der Waals surface area contributed by atoms with Gasteiger partial charge >= 0.3 is 5.97 Å². The number of esters is 1. The lowest BCUT2D eigenvalue weighted by molar-refractivity contribution is 0.0454. The Balaban J connectivity index is 1.99. The first kappa shape index (κ1) is 14.0. The van der Waals surface area contributed by atoms with Crippen LogP contribution in [0.3, 0.4) is 0 Å². The molecule has 0 unspecified atom stereocenters. The lowest BCUT2D eigenvalue weighted by Crippen LogP contribution is -2.11. The van der Waals surface area contributed by atoms with E-state index in [1.165, 1.54) is 4.68 Å². The molecule has 6 nitrogen and oxygen atoms in total. The van der Waals surface area contributed by atoms with Gasteiger partial charge in [0.25, 0.3) is 0 Å². The zero-order valence-corrected chi connectivity index (χ0v) is 11.8. The quantitative estimate of drug-likeness (QED) is 0.779. The molecule has 2 rings (SSSR count). The molecule has 0 aliphatic rings. The molecule has 0 fully saturated rings. The van der Waals surface area contributed by atoms with Gasteiger partial charge in [-0.3, -0.25) is 4.68 Å². The van der Waals surface area contributed by atoms with Gasteiger partial charge in [0.1, 0.15) is 12.3 Å². The van der Waals surface area contributed by atoms with Crippen molar-refractivity contribution in [3.63, 3.8) is 0 Å². The molecule has 0 amide bonds. The second-order valence-corrected chi connectivity index (χ2v) is 4.27. The predicted octanol–water partition coefficient (Wildman–Crippen LogP) is 1.88. The summed E-state index contributed by atoms with van der Waals surface area (Å²) >= 11 is 0. The number of pyridine rings is 1. The molecule has 2 aromatic rings. The molecule has 106 valence electrons. The molecule has 6 heteroatoms. The fourth-order valence-electron chi connectivity index (χ4n) is 1.78. The van der Waals surface area contributed by atoms with Gasteiger partial charge in [0.2, 0.25) is 5.88 Å². The van der Waals surface area contributed by atoms with Gasteiger partial charge < -0.3 is 9.47 Å². The molecule has 0 bridgehead atoms. The van der Waals surface area contributed by atoms with Gasteiger partial charge in [-0.25, -0.2) is 9.78 Å². The summed E-state index contributed by atoms with van der Waals surface area (Å²) in [5.74, 6) is 0.106. The predicted molar refractivity (Wildman–Crippen MR) is 72.5 cm³/mol. The molecular weight excluding hydrogens is 258 g/mol. The second kappa shape index (κ2) is 6.18. The number of carbonyl (C=O) groups excluding carboxylic acids is 1. The Morgan fingerprint density at radius 3 is 2.85 bits per heavy atom. The molecule has 20 heavy (non-hydrogen) atoms. The van der Waals surface area contributed by atoms with Crippen LogP contribution in [0.15, 0.2) is 24.3 Å². The number of hydrogen-bond donors (Lipinski definition) is 0. The molecule has 0 radical (unpaired) electrons. The van der Waals surface area contributed by atoms with Gasteiger partial charge in [-0.15, -0.1) is 0 Å². The number of nitrogens with zero attached hydrogens (tertiary/aromatic N) is 3. The summed E-state index contributed by atoms with van der Waals surface area (Å²) in [5, 5.41) is 4.11. The highest BCUT2D eigenvalue weighted by Gasteiger charge is 2.13. The van der Waals surface area contributed by atoms with Crippen LogP contribution in [0.4, 0.5) is 0 Å². The maximum Gasteiger partial charge on any atom is 0.356 e. The highest BCUT2D eigenvalue weighted by atomic mass is 16.5. The maximum atomic E-state index is 11.9.